The number of hydrogen-bond acceptors (Lipinski definition) is 1. The minimum Gasteiger partial charge on any atom is -0.320 e. The van der Waals surface area contributed by atoms with Crippen molar-refractivity contribution in [3.63, 3.8) is 0 Å². The molecule has 110 valence electrons. The van der Waals surface area contributed by atoms with Crippen molar-refractivity contribution in [3.8, 4) is 0 Å². The summed E-state index contributed by atoms with van der Waals surface area (Å²) in [6.07, 6.45) is 7.04. The van der Waals surface area contributed by atoms with Gasteiger partial charge in [0, 0.05) is 0 Å². The Kier molecular flexibility index (Phi) is 10.6. The SMILES string of the molecule is CCCCC(CC)CCC(CC(C)C)OC(F)F. The molecule has 0 aromatic carbocycles. The molecule has 0 spiro atoms. The number of alkyl halides is 2. The molecule has 18 heavy (non-hydrogen) atoms. The van der Waals surface area contributed by atoms with E-state index in [1.54, 1.807) is 0 Å². The van der Waals surface area contributed by atoms with Gasteiger partial charge in [-0.05, 0) is 31.1 Å². The molecule has 0 aromatic rings. The molecule has 2 atom stereocenters. The monoisotopic (exact) mass is 264 g/mol. The summed E-state index contributed by atoms with van der Waals surface area (Å²) in [4.78, 5) is 0. The highest BCUT2D eigenvalue weighted by atomic mass is 19.3. The molecule has 0 saturated carbocycles. The summed E-state index contributed by atoms with van der Waals surface area (Å²) in [6.45, 7) is 5.84. The lowest BCUT2D eigenvalue weighted by molar-refractivity contribution is -0.168. The highest BCUT2D eigenvalue weighted by Crippen LogP contribution is 2.23. The molecule has 0 aliphatic heterocycles. The third kappa shape index (κ3) is 9.81. The summed E-state index contributed by atoms with van der Waals surface area (Å²) in [7, 11) is 0. The quantitative estimate of drug-likeness (QED) is 0.469. The Balaban J connectivity index is 4.04. The lowest BCUT2D eigenvalue weighted by atomic mass is 9.91. The first-order valence-corrected chi connectivity index (χ1v) is 7.43. The van der Waals surface area contributed by atoms with Crippen molar-refractivity contribution in [2.75, 3.05) is 0 Å². The van der Waals surface area contributed by atoms with Crippen LogP contribution in [0, 0.1) is 11.8 Å². The van der Waals surface area contributed by atoms with E-state index in [0.29, 0.717) is 11.8 Å². The van der Waals surface area contributed by atoms with E-state index < -0.39 is 6.61 Å². The van der Waals surface area contributed by atoms with Gasteiger partial charge in [-0.15, -0.1) is 0 Å². The van der Waals surface area contributed by atoms with Crippen molar-refractivity contribution in [2.45, 2.75) is 85.4 Å². The second-order valence-electron chi connectivity index (χ2n) is 5.64. The minimum atomic E-state index is -2.63. The maximum atomic E-state index is 12.3. The standard InChI is InChI=1S/C15H30F2O/c1-5-7-8-13(6-2)9-10-14(11-12(3)4)18-15(16)17/h12-15H,5-11H2,1-4H3. The molecule has 3 heteroatoms. The number of unbranched alkanes of at least 4 members (excludes halogenated alkanes) is 1. The highest BCUT2D eigenvalue weighted by Gasteiger charge is 2.18. The van der Waals surface area contributed by atoms with E-state index >= 15 is 0 Å². The Morgan fingerprint density at radius 2 is 1.67 bits per heavy atom. The molecule has 2 unspecified atom stereocenters. The van der Waals surface area contributed by atoms with Crippen LogP contribution in [-0.4, -0.2) is 12.7 Å². The lowest BCUT2D eigenvalue weighted by Crippen LogP contribution is -2.20. The lowest BCUT2D eigenvalue weighted by Gasteiger charge is -2.22. The van der Waals surface area contributed by atoms with Crippen molar-refractivity contribution in [1.82, 2.24) is 0 Å². The Labute approximate surface area is 111 Å². The molecular formula is C15H30F2O. The van der Waals surface area contributed by atoms with Crippen LogP contribution < -0.4 is 0 Å². The Morgan fingerprint density at radius 3 is 2.11 bits per heavy atom. The van der Waals surface area contributed by atoms with E-state index in [4.69, 9.17) is 4.74 Å². The van der Waals surface area contributed by atoms with E-state index in [2.05, 4.69) is 27.7 Å². The van der Waals surface area contributed by atoms with Crippen LogP contribution in [0.1, 0.15) is 72.6 Å². The molecule has 0 amide bonds. The van der Waals surface area contributed by atoms with Gasteiger partial charge in [0.1, 0.15) is 0 Å². The molecular weight excluding hydrogens is 234 g/mol. The maximum Gasteiger partial charge on any atom is 0.345 e. The minimum absolute atomic E-state index is 0.277. The van der Waals surface area contributed by atoms with Gasteiger partial charge in [-0.3, -0.25) is 0 Å². The first-order chi connectivity index (χ1) is 8.49. The van der Waals surface area contributed by atoms with E-state index in [0.717, 1.165) is 25.7 Å². The third-order valence-corrected chi connectivity index (χ3v) is 3.47. The molecule has 0 aliphatic carbocycles. The number of ether oxygens (including phenoxy) is 1. The second kappa shape index (κ2) is 10.7. The van der Waals surface area contributed by atoms with Gasteiger partial charge in [0.05, 0.1) is 6.10 Å². The van der Waals surface area contributed by atoms with Gasteiger partial charge in [0.25, 0.3) is 0 Å². The van der Waals surface area contributed by atoms with Gasteiger partial charge in [0.2, 0.25) is 0 Å². The van der Waals surface area contributed by atoms with Crippen LogP contribution in [0.5, 0.6) is 0 Å². The smallest absolute Gasteiger partial charge is 0.320 e. The maximum absolute atomic E-state index is 12.3. The van der Waals surface area contributed by atoms with Gasteiger partial charge >= 0.3 is 6.61 Å². The van der Waals surface area contributed by atoms with E-state index in [-0.39, 0.29) is 6.10 Å². The molecule has 0 heterocycles. The third-order valence-electron chi connectivity index (χ3n) is 3.47. The number of rotatable bonds is 11. The molecule has 0 fully saturated rings. The normalized spacial score (nSPS) is 15.3. The summed E-state index contributed by atoms with van der Waals surface area (Å²) in [5, 5.41) is 0. The zero-order valence-electron chi connectivity index (χ0n) is 12.4. The summed E-state index contributed by atoms with van der Waals surface area (Å²) in [5.74, 6) is 1.07. The van der Waals surface area contributed by atoms with Gasteiger partial charge in [0.15, 0.2) is 0 Å². The van der Waals surface area contributed by atoms with Gasteiger partial charge in [-0.25, -0.2) is 0 Å². The fourth-order valence-electron chi connectivity index (χ4n) is 2.38. The first-order valence-electron chi connectivity index (χ1n) is 7.43. The fraction of sp³-hybridized carbons (Fsp3) is 1.00. The first kappa shape index (κ1) is 17.8. The van der Waals surface area contributed by atoms with Crippen LogP contribution in [0.4, 0.5) is 8.78 Å². The Morgan fingerprint density at radius 1 is 1.00 bits per heavy atom. The Bertz CT molecular complexity index is 173. The van der Waals surface area contributed by atoms with Crippen LogP contribution >= 0.6 is 0 Å². The van der Waals surface area contributed by atoms with Crippen LogP contribution in [-0.2, 0) is 4.74 Å². The highest BCUT2D eigenvalue weighted by molar-refractivity contribution is 4.65. The molecule has 0 radical (unpaired) electrons. The molecule has 1 nitrogen and oxygen atoms in total. The zero-order chi connectivity index (χ0) is 14.0. The average molecular weight is 264 g/mol. The topological polar surface area (TPSA) is 9.23 Å². The van der Waals surface area contributed by atoms with E-state index in [9.17, 15) is 8.78 Å². The molecule has 0 rings (SSSR count). The number of hydrogen-bond donors (Lipinski definition) is 0. The summed E-state index contributed by atoms with van der Waals surface area (Å²) in [6, 6.07) is 0. The van der Waals surface area contributed by atoms with Crippen molar-refractivity contribution in [3.05, 3.63) is 0 Å². The summed E-state index contributed by atoms with van der Waals surface area (Å²) < 4.78 is 29.4. The van der Waals surface area contributed by atoms with Gasteiger partial charge in [-0.1, -0.05) is 53.4 Å². The predicted octanol–water partition coefficient (Wildman–Crippen LogP) is 5.64. The summed E-state index contributed by atoms with van der Waals surface area (Å²) in [5.41, 5.74) is 0. The van der Waals surface area contributed by atoms with E-state index in [1.165, 1.54) is 19.3 Å². The average Bonchev–Trinajstić information content (AvgIpc) is 2.27. The van der Waals surface area contributed by atoms with Crippen LogP contribution in [0.15, 0.2) is 0 Å². The predicted molar refractivity (Wildman–Crippen MR) is 72.9 cm³/mol. The van der Waals surface area contributed by atoms with E-state index in [1.807, 2.05) is 0 Å². The van der Waals surface area contributed by atoms with Crippen LogP contribution in [0.25, 0.3) is 0 Å². The molecule has 0 saturated heterocycles. The molecule has 0 aromatic heterocycles. The molecule has 0 bridgehead atoms. The Hall–Kier alpha value is -0.180. The summed E-state index contributed by atoms with van der Waals surface area (Å²) >= 11 is 0. The van der Waals surface area contributed by atoms with Crippen molar-refractivity contribution in [2.24, 2.45) is 11.8 Å². The molecule has 0 N–H and O–H groups in total. The zero-order valence-corrected chi connectivity index (χ0v) is 12.4. The van der Waals surface area contributed by atoms with Crippen molar-refractivity contribution < 1.29 is 13.5 Å². The van der Waals surface area contributed by atoms with Gasteiger partial charge < -0.3 is 4.74 Å². The van der Waals surface area contributed by atoms with Crippen molar-refractivity contribution >= 4 is 0 Å². The van der Waals surface area contributed by atoms with Crippen LogP contribution in [0.3, 0.4) is 0 Å². The van der Waals surface area contributed by atoms with Crippen molar-refractivity contribution in [1.29, 1.82) is 0 Å². The second-order valence-corrected chi connectivity index (χ2v) is 5.64. The fourth-order valence-corrected chi connectivity index (χ4v) is 2.38. The number of halogens is 2. The molecule has 0 aliphatic rings. The van der Waals surface area contributed by atoms with Crippen LogP contribution in [0.2, 0.25) is 0 Å². The van der Waals surface area contributed by atoms with Gasteiger partial charge in [-0.2, -0.15) is 8.78 Å². The largest absolute Gasteiger partial charge is 0.345 e.